The van der Waals surface area contributed by atoms with Crippen molar-refractivity contribution in [3.05, 3.63) is 58.1 Å². The first-order valence-corrected chi connectivity index (χ1v) is 11.8. The molecule has 0 spiro atoms. The van der Waals surface area contributed by atoms with Gasteiger partial charge in [0.2, 0.25) is 0 Å². The van der Waals surface area contributed by atoms with Gasteiger partial charge in [0.05, 0.1) is 24.7 Å². The number of nitrogens with zero attached hydrogens (tertiary/aromatic N) is 4. The summed E-state index contributed by atoms with van der Waals surface area (Å²) >= 11 is 0. The normalized spacial score (nSPS) is 16.6. The van der Waals surface area contributed by atoms with Gasteiger partial charge in [-0.3, -0.25) is 14.9 Å². The summed E-state index contributed by atoms with van der Waals surface area (Å²) in [5.74, 6) is 1.22. The Kier molecular flexibility index (Phi) is 7.52. The van der Waals surface area contributed by atoms with E-state index in [9.17, 15) is 14.9 Å². The second kappa shape index (κ2) is 10.7. The van der Waals surface area contributed by atoms with Crippen LogP contribution in [0.25, 0.3) is 0 Å². The predicted octanol–water partition coefficient (Wildman–Crippen LogP) is 3.43. The van der Waals surface area contributed by atoms with E-state index < -0.39 is 0 Å². The number of ether oxygens (including phenoxy) is 2. The van der Waals surface area contributed by atoms with E-state index in [1.165, 1.54) is 0 Å². The highest BCUT2D eigenvalue weighted by atomic mass is 16.6. The number of morpholine rings is 1. The quantitative estimate of drug-likeness (QED) is 0.454. The molecule has 2 heterocycles. The Labute approximate surface area is 200 Å². The number of benzene rings is 2. The first kappa shape index (κ1) is 23.8. The number of carbonyl (C=O) groups is 1. The van der Waals surface area contributed by atoms with Crippen molar-refractivity contribution >= 4 is 23.0 Å². The number of hydrogen-bond donors (Lipinski definition) is 0. The third-order valence-electron chi connectivity index (χ3n) is 6.12. The van der Waals surface area contributed by atoms with Crippen molar-refractivity contribution in [3.8, 4) is 5.75 Å². The van der Waals surface area contributed by atoms with Crippen LogP contribution in [0.15, 0.2) is 42.5 Å². The van der Waals surface area contributed by atoms with E-state index >= 15 is 0 Å². The molecular weight excluding hydrogens is 436 g/mol. The number of amides is 1. The lowest BCUT2D eigenvalue weighted by atomic mass is 10.1. The van der Waals surface area contributed by atoms with E-state index in [1.54, 1.807) is 12.1 Å². The minimum absolute atomic E-state index is 0.00719. The molecule has 1 amide bonds. The van der Waals surface area contributed by atoms with Gasteiger partial charge in [0.1, 0.15) is 11.4 Å². The monoisotopic (exact) mass is 468 g/mol. The van der Waals surface area contributed by atoms with Crippen LogP contribution < -0.4 is 14.5 Å². The lowest BCUT2D eigenvalue weighted by molar-refractivity contribution is -0.384. The molecule has 0 saturated carbocycles. The van der Waals surface area contributed by atoms with Crippen molar-refractivity contribution in [2.75, 3.05) is 68.9 Å². The summed E-state index contributed by atoms with van der Waals surface area (Å²) in [4.78, 5) is 30.3. The fourth-order valence-electron chi connectivity index (χ4n) is 4.23. The van der Waals surface area contributed by atoms with Gasteiger partial charge in [-0.2, -0.15) is 0 Å². The second-order valence-corrected chi connectivity index (χ2v) is 9.04. The van der Waals surface area contributed by atoms with Gasteiger partial charge in [-0.1, -0.05) is 13.8 Å². The van der Waals surface area contributed by atoms with E-state index in [4.69, 9.17) is 9.47 Å². The summed E-state index contributed by atoms with van der Waals surface area (Å²) in [6.45, 7) is 9.74. The molecule has 4 rings (SSSR count). The van der Waals surface area contributed by atoms with Crippen LogP contribution in [0.5, 0.6) is 5.75 Å². The van der Waals surface area contributed by atoms with Gasteiger partial charge in [-0.25, -0.2) is 0 Å². The van der Waals surface area contributed by atoms with E-state index in [2.05, 4.69) is 18.7 Å². The number of nitro benzene ring substituents is 1. The molecule has 2 aromatic carbocycles. The zero-order valence-corrected chi connectivity index (χ0v) is 19.8. The van der Waals surface area contributed by atoms with Gasteiger partial charge < -0.3 is 24.2 Å². The Balaban J connectivity index is 1.39. The van der Waals surface area contributed by atoms with Gasteiger partial charge in [0.25, 0.3) is 11.6 Å². The van der Waals surface area contributed by atoms with Crippen LogP contribution in [-0.4, -0.2) is 74.8 Å². The van der Waals surface area contributed by atoms with Gasteiger partial charge in [-0.15, -0.1) is 0 Å². The number of anilines is 2. The number of carbonyl (C=O) groups excluding carboxylic acids is 1. The maximum absolute atomic E-state index is 13.0. The maximum atomic E-state index is 13.0. The molecule has 2 saturated heterocycles. The third kappa shape index (κ3) is 5.59. The molecule has 0 radical (unpaired) electrons. The van der Waals surface area contributed by atoms with Crippen LogP contribution in [0.4, 0.5) is 17.1 Å². The minimum Gasteiger partial charge on any atom is -0.493 e. The van der Waals surface area contributed by atoms with Crippen LogP contribution in [0.3, 0.4) is 0 Å². The summed E-state index contributed by atoms with van der Waals surface area (Å²) in [7, 11) is 0. The first-order valence-electron chi connectivity index (χ1n) is 11.8. The molecular formula is C25H32N4O5. The minimum atomic E-state index is -0.329. The van der Waals surface area contributed by atoms with E-state index in [0.717, 1.165) is 11.4 Å². The van der Waals surface area contributed by atoms with Crippen LogP contribution >= 0.6 is 0 Å². The number of nitro groups is 1. The van der Waals surface area contributed by atoms with Gasteiger partial charge in [0, 0.05) is 56.6 Å². The molecule has 0 N–H and O–H groups in total. The van der Waals surface area contributed by atoms with Crippen molar-refractivity contribution in [2.45, 2.75) is 13.8 Å². The summed E-state index contributed by atoms with van der Waals surface area (Å²) < 4.78 is 11.1. The Bertz CT molecular complexity index is 997. The summed E-state index contributed by atoms with van der Waals surface area (Å²) in [6.07, 6.45) is 0. The van der Waals surface area contributed by atoms with E-state index in [0.29, 0.717) is 76.3 Å². The average molecular weight is 469 g/mol. The fourth-order valence-corrected chi connectivity index (χ4v) is 4.23. The summed E-state index contributed by atoms with van der Waals surface area (Å²) in [6, 6.07) is 12.6. The first-order chi connectivity index (χ1) is 16.4. The van der Waals surface area contributed by atoms with Crippen LogP contribution in [0.1, 0.15) is 24.2 Å². The molecule has 9 heteroatoms. The zero-order valence-electron chi connectivity index (χ0n) is 19.8. The Morgan fingerprint density at radius 2 is 1.68 bits per heavy atom. The molecule has 9 nitrogen and oxygen atoms in total. The highest BCUT2D eigenvalue weighted by molar-refractivity contribution is 5.94. The Morgan fingerprint density at radius 1 is 1.00 bits per heavy atom. The van der Waals surface area contributed by atoms with Crippen LogP contribution in [0, 0.1) is 16.0 Å². The molecule has 0 bridgehead atoms. The highest BCUT2D eigenvalue weighted by Crippen LogP contribution is 2.33. The SMILES string of the molecule is CC(C)COc1ccc(C(=O)N2CCN(c3ccc([N+](=O)[O-])c(N4CCOCC4)c3)CC2)cc1. The molecule has 2 aliphatic rings. The molecule has 0 aromatic heterocycles. The van der Waals surface area contributed by atoms with Crippen molar-refractivity contribution in [2.24, 2.45) is 5.92 Å². The van der Waals surface area contributed by atoms with Crippen molar-refractivity contribution in [1.29, 1.82) is 0 Å². The highest BCUT2D eigenvalue weighted by Gasteiger charge is 2.26. The Hall–Kier alpha value is -3.33. The molecule has 0 atom stereocenters. The topological polar surface area (TPSA) is 88.4 Å². The van der Waals surface area contributed by atoms with Crippen LogP contribution in [0.2, 0.25) is 0 Å². The zero-order chi connectivity index (χ0) is 24.1. The summed E-state index contributed by atoms with van der Waals surface area (Å²) in [5, 5.41) is 11.6. The maximum Gasteiger partial charge on any atom is 0.292 e. The number of rotatable bonds is 7. The third-order valence-corrected chi connectivity index (χ3v) is 6.12. The van der Waals surface area contributed by atoms with Gasteiger partial charge in [-0.05, 0) is 42.3 Å². The van der Waals surface area contributed by atoms with Crippen molar-refractivity contribution in [3.63, 3.8) is 0 Å². The largest absolute Gasteiger partial charge is 0.493 e. The van der Waals surface area contributed by atoms with Crippen molar-refractivity contribution < 1.29 is 19.2 Å². The van der Waals surface area contributed by atoms with E-state index in [1.807, 2.05) is 40.1 Å². The molecule has 2 aliphatic heterocycles. The van der Waals surface area contributed by atoms with Gasteiger partial charge >= 0.3 is 0 Å². The summed E-state index contributed by atoms with van der Waals surface area (Å²) in [5.41, 5.74) is 2.32. The average Bonchev–Trinajstić information content (AvgIpc) is 2.87. The number of piperazine rings is 1. The molecule has 2 fully saturated rings. The predicted molar refractivity (Wildman–Crippen MR) is 131 cm³/mol. The van der Waals surface area contributed by atoms with E-state index in [-0.39, 0.29) is 16.5 Å². The second-order valence-electron chi connectivity index (χ2n) is 9.04. The fraction of sp³-hybridized carbons (Fsp3) is 0.480. The number of hydrogen-bond acceptors (Lipinski definition) is 7. The lowest BCUT2D eigenvalue weighted by Gasteiger charge is -2.37. The standard InChI is InChI=1S/C25H32N4O5/c1-19(2)18-34-22-6-3-20(4-7-22)25(30)28-11-9-26(10-12-28)21-5-8-23(29(31)32)24(17-21)27-13-15-33-16-14-27/h3-8,17,19H,9-16,18H2,1-2H3. The molecule has 0 unspecified atom stereocenters. The molecule has 182 valence electrons. The van der Waals surface area contributed by atoms with Crippen LogP contribution in [-0.2, 0) is 4.74 Å². The molecule has 0 aliphatic carbocycles. The van der Waals surface area contributed by atoms with Crippen molar-refractivity contribution in [1.82, 2.24) is 4.90 Å². The lowest BCUT2D eigenvalue weighted by Crippen LogP contribution is -2.48. The Morgan fingerprint density at radius 3 is 2.29 bits per heavy atom. The smallest absolute Gasteiger partial charge is 0.292 e. The molecule has 34 heavy (non-hydrogen) atoms. The molecule has 2 aromatic rings. The van der Waals surface area contributed by atoms with Gasteiger partial charge in [0.15, 0.2) is 0 Å².